The van der Waals surface area contributed by atoms with Crippen molar-refractivity contribution in [1.82, 2.24) is 9.97 Å². The average Bonchev–Trinajstić information content (AvgIpc) is 2.58. The molecule has 0 spiro atoms. The molecule has 3 aromatic rings. The van der Waals surface area contributed by atoms with Crippen LogP contribution in [0.1, 0.15) is 22.6 Å². The molecule has 1 heterocycles. The maximum atomic E-state index is 13.3. The average molecular weight is 294 g/mol. The fourth-order valence-corrected chi connectivity index (χ4v) is 2.55. The van der Waals surface area contributed by atoms with Crippen LogP contribution < -0.4 is 4.74 Å². The predicted molar refractivity (Wildman–Crippen MR) is 82.4 cm³/mol. The van der Waals surface area contributed by atoms with Gasteiger partial charge < -0.3 is 4.74 Å². The SMILES string of the molecule is COc1ncncc1[C@@H](c1ccccc1)c1ccc(F)cc1. The van der Waals surface area contributed by atoms with Crippen molar-refractivity contribution in [2.45, 2.75) is 5.92 Å². The van der Waals surface area contributed by atoms with Crippen LogP contribution in [0.3, 0.4) is 0 Å². The Morgan fingerprint density at radius 2 is 1.64 bits per heavy atom. The quantitative estimate of drug-likeness (QED) is 0.734. The molecule has 0 bridgehead atoms. The van der Waals surface area contributed by atoms with E-state index in [-0.39, 0.29) is 11.7 Å². The maximum Gasteiger partial charge on any atom is 0.220 e. The first-order valence-corrected chi connectivity index (χ1v) is 6.94. The molecule has 4 heteroatoms. The van der Waals surface area contributed by atoms with E-state index in [0.29, 0.717) is 5.88 Å². The van der Waals surface area contributed by atoms with Crippen LogP contribution in [-0.4, -0.2) is 17.1 Å². The summed E-state index contributed by atoms with van der Waals surface area (Å²) in [6, 6.07) is 16.4. The molecular formula is C18H15FN2O. The summed E-state index contributed by atoms with van der Waals surface area (Å²) >= 11 is 0. The molecule has 0 saturated heterocycles. The minimum Gasteiger partial charge on any atom is -0.481 e. The highest BCUT2D eigenvalue weighted by atomic mass is 19.1. The molecule has 0 fully saturated rings. The molecule has 2 aromatic carbocycles. The van der Waals surface area contributed by atoms with Gasteiger partial charge in [0, 0.05) is 17.7 Å². The molecule has 0 radical (unpaired) electrons. The summed E-state index contributed by atoms with van der Waals surface area (Å²) in [7, 11) is 1.58. The summed E-state index contributed by atoms with van der Waals surface area (Å²) in [5.74, 6) is 0.151. The Kier molecular flexibility index (Phi) is 4.10. The second-order valence-electron chi connectivity index (χ2n) is 4.88. The number of benzene rings is 2. The largest absolute Gasteiger partial charge is 0.481 e. The maximum absolute atomic E-state index is 13.3. The van der Waals surface area contributed by atoms with Crippen LogP contribution in [0, 0.1) is 5.82 Å². The summed E-state index contributed by atoms with van der Waals surface area (Å²) in [6.45, 7) is 0. The highest BCUT2D eigenvalue weighted by Gasteiger charge is 2.21. The molecule has 3 rings (SSSR count). The van der Waals surface area contributed by atoms with Gasteiger partial charge in [-0.15, -0.1) is 0 Å². The molecule has 0 aliphatic carbocycles. The van der Waals surface area contributed by atoms with Gasteiger partial charge in [-0.3, -0.25) is 0 Å². The molecule has 0 unspecified atom stereocenters. The third-order valence-electron chi connectivity index (χ3n) is 3.54. The van der Waals surface area contributed by atoms with Gasteiger partial charge in [-0.05, 0) is 23.3 Å². The van der Waals surface area contributed by atoms with Crippen molar-refractivity contribution in [1.29, 1.82) is 0 Å². The van der Waals surface area contributed by atoms with E-state index in [1.807, 2.05) is 30.3 Å². The second-order valence-corrected chi connectivity index (χ2v) is 4.88. The highest BCUT2D eigenvalue weighted by Crippen LogP contribution is 2.35. The molecule has 0 aliphatic heterocycles. The van der Waals surface area contributed by atoms with Crippen molar-refractivity contribution in [2.75, 3.05) is 7.11 Å². The van der Waals surface area contributed by atoms with Gasteiger partial charge >= 0.3 is 0 Å². The van der Waals surface area contributed by atoms with Gasteiger partial charge in [0.1, 0.15) is 12.1 Å². The number of halogens is 1. The van der Waals surface area contributed by atoms with Crippen molar-refractivity contribution in [3.05, 3.63) is 89.6 Å². The van der Waals surface area contributed by atoms with Crippen LogP contribution in [0.2, 0.25) is 0 Å². The smallest absolute Gasteiger partial charge is 0.220 e. The fourth-order valence-electron chi connectivity index (χ4n) is 2.55. The van der Waals surface area contributed by atoms with E-state index in [1.54, 1.807) is 25.4 Å². The molecular weight excluding hydrogens is 279 g/mol. The summed E-state index contributed by atoms with van der Waals surface area (Å²) in [5, 5.41) is 0. The first-order valence-electron chi connectivity index (χ1n) is 6.94. The van der Waals surface area contributed by atoms with Crippen molar-refractivity contribution >= 4 is 0 Å². The van der Waals surface area contributed by atoms with Crippen molar-refractivity contribution < 1.29 is 9.13 Å². The molecule has 0 aliphatic rings. The van der Waals surface area contributed by atoms with Gasteiger partial charge in [0.2, 0.25) is 5.88 Å². The van der Waals surface area contributed by atoms with E-state index in [1.165, 1.54) is 18.5 Å². The molecule has 110 valence electrons. The van der Waals surface area contributed by atoms with Crippen LogP contribution >= 0.6 is 0 Å². The molecule has 3 nitrogen and oxygen atoms in total. The Morgan fingerprint density at radius 3 is 2.32 bits per heavy atom. The fraction of sp³-hybridized carbons (Fsp3) is 0.111. The number of methoxy groups -OCH3 is 1. The molecule has 1 aromatic heterocycles. The van der Waals surface area contributed by atoms with Crippen LogP contribution in [0.5, 0.6) is 5.88 Å². The summed E-state index contributed by atoms with van der Waals surface area (Å²) in [6.07, 6.45) is 3.20. The zero-order valence-electron chi connectivity index (χ0n) is 12.1. The summed E-state index contributed by atoms with van der Waals surface area (Å²) < 4.78 is 18.6. The third-order valence-corrected chi connectivity index (χ3v) is 3.54. The molecule has 1 atom stereocenters. The summed E-state index contributed by atoms with van der Waals surface area (Å²) in [4.78, 5) is 8.30. The number of ether oxygens (including phenoxy) is 1. The van der Waals surface area contributed by atoms with Crippen LogP contribution in [0.15, 0.2) is 67.1 Å². The molecule has 0 amide bonds. The molecule has 0 N–H and O–H groups in total. The van der Waals surface area contributed by atoms with Crippen LogP contribution in [-0.2, 0) is 0 Å². The Morgan fingerprint density at radius 1 is 0.955 bits per heavy atom. The standard InChI is InChI=1S/C18H15FN2O/c1-22-18-16(11-20-12-21-18)17(13-5-3-2-4-6-13)14-7-9-15(19)10-8-14/h2-12,17H,1H3/t17-/m0/s1. The monoisotopic (exact) mass is 294 g/mol. The van der Waals surface area contributed by atoms with Gasteiger partial charge in [0.15, 0.2) is 0 Å². The number of aromatic nitrogens is 2. The van der Waals surface area contributed by atoms with E-state index in [4.69, 9.17) is 4.74 Å². The van der Waals surface area contributed by atoms with E-state index in [9.17, 15) is 4.39 Å². The first-order chi connectivity index (χ1) is 10.8. The van der Waals surface area contributed by atoms with Crippen LogP contribution in [0.4, 0.5) is 4.39 Å². The van der Waals surface area contributed by atoms with Gasteiger partial charge in [-0.25, -0.2) is 14.4 Å². The number of hydrogen-bond acceptors (Lipinski definition) is 3. The van der Waals surface area contributed by atoms with E-state index < -0.39 is 0 Å². The zero-order chi connectivity index (χ0) is 15.4. The van der Waals surface area contributed by atoms with Gasteiger partial charge in [-0.2, -0.15) is 0 Å². The predicted octanol–water partition coefficient (Wildman–Crippen LogP) is 3.80. The minimum absolute atomic E-state index is 0.113. The third kappa shape index (κ3) is 2.81. The van der Waals surface area contributed by atoms with Crippen LogP contribution in [0.25, 0.3) is 0 Å². The molecule has 0 saturated carbocycles. The van der Waals surface area contributed by atoms with Gasteiger partial charge in [-0.1, -0.05) is 42.5 Å². The Balaban J connectivity index is 2.17. The van der Waals surface area contributed by atoms with E-state index in [0.717, 1.165) is 16.7 Å². The molecule has 22 heavy (non-hydrogen) atoms. The van der Waals surface area contributed by atoms with Crippen molar-refractivity contribution in [2.24, 2.45) is 0 Å². The number of nitrogens with zero attached hydrogens (tertiary/aromatic N) is 2. The van der Waals surface area contributed by atoms with E-state index in [2.05, 4.69) is 9.97 Å². The lowest BCUT2D eigenvalue weighted by Crippen LogP contribution is -2.07. The van der Waals surface area contributed by atoms with Gasteiger partial charge in [0.05, 0.1) is 7.11 Å². The van der Waals surface area contributed by atoms with Gasteiger partial charge in [0.25, 0.3) is 0 Å². The lowest BCUT2D eigenvalue weighted by molar-refractivity contribution is 0.390. The Bertz CT molecular complexity index is 745. The minimum atomic E-state index is -0.258. The lowest BCUT2D eigenvalue weighted by Gasteiger charge is -2.19. The first kappa shape index (κ1) is 14.2. The topological polar surface area (TPSA) is 35.0 Å². The second kappa shape index (κ2) is 6.35. The number of rotatable bonds is 4. The Hall–Kier alpha value is -2.75. The lowest BCUT2D eigenvalue weighted by atomic mass is 9.86. The van der Waals surface area contributed by atoms with Crippen molar-refractivity contribution in [3.8, 4) is 5.88 Å². The van der Waals surface area contributed by atoms with Crippen molar-refractivity contribution in [3.63, 3.8) is 0 Å². The Labute approximate surface area is 128 Å². The zero-order valence-corrected chi connectivity index (χ0v) is 12.1. The normalized spacial score (nSPS) is 11.9. The van der Waals surface area contributed by atoms with E-state index >= 15 is 0 Å². The highest BCUT2D eigenvalue weighted by molar-refractivity contribution is 5.45. The summed E-state index contributed by atoms with van der Waals surface area (Å²) in [5.41, 5.74) is 2.88. The number of hydrogen-bond donors (Lipinski definition) is 0.